The first-order chi connectivity index (χ1) is 18.8. The smallest absolute Gasteiger partial charge is 0.163 e. The van der Waals surface area contributed by atoms with Crippen molar-refractivity contribution in [1.29, 1.82) is 0 Å². The van der Waals surface area contributed by atoms with Crippen molar-refractivity contribution in [3.8, 4) is 11.1 Å². The second kappa shape index (κ2) is 13.7. The first kappa shape index (κ1) is 29.4. The lowest BCUT2D eigenvalue weighted by Crippen LogP contribution is -2.30. The molecule has 2 aliphatic rings. The quantitative estimate of drug-likeness (QED) is 0.258. The maximum atomic E-state index is 13.6. The Balaban J connectivity index is 1.60. The molecule has 4 rings (SSSR count). The molecule has 3 unspecified atom stereocenters. The Bertz CT molecular complexity index is 1170. The zero-order chi connectivity index (χ0) is 27.9. The Morgan fingerprint density at radius 1 is 0.974 bits per heavy atom. The van der Waals surface area contributed by atoms with Crippen molar-refractivity contribution in [1.82, 2.24) is 0 Å². The number of carbonyl (C=O) groups excluding carboxylic acids is 3. The first-order valence-electron chi connectivity index (χ1n) is 15.6. The topological polar surface area (TPSA) is 51.2 Å². The van der Waals surface area contributed by atoms with Crippen LogP contribution in [0.3, 0.4) is 0 Å². The molecule has 3 heteroatoms. The molecule has 0 spiro atoms. The summed E-state index contributed by atoms with van der Waals surface area (Å²) < 4.78 is 0. The summed E-state index contributed by atoms with van der Waals surface area (Å²) in [6.45, 7) is 7.80. The molecule has 2 aliphatic carbocycles. The van der Waals surface area contributed by atoms with Crippen LogP contribution in [0, 0.1) is 30.6 Å². The third kappa shape index (κ3) is 7.35. The van der Waals surface area contributed by atoms with Gasteiger partial charge in [0.15, 0.2) is 5.78 Å². The van der Waals surface area contributed by atoms with Crippen LogP contribution in [0.5, 0.6) is 0 Å². The maximum absolute atomic E-state index is 13.6. The zero-order valence-corrected chi connectivity index (χ0v) is 24.7. The second-order valence-electron chi connectivity index (χ2n) is 12.5. The van der Waals surface area contributed by atoms with Gasteiger partial charge in [0.05, 0.1) is 6.42 Å². The lowest BCUT2D eigenvalue weighted by Gasteiger charge is -2.32. The van der Waals surface area contributed by atoms with Gasteiger partial charge >= 0.3 is 0 Å². The minimum atomic E-state index is -0.0983. The Kier molecular flexibility index (Phi) is 10.3. The summed E-state index contributed by atoms with van der Waals surface area (Å²) in [7, 11) is 0. The van der Waals surface area contributed by atoms with Gasteiger partial charge in [-0.25, -0.2) is 0 Å². The van der Waals surface area contributed by atoms with Crippen molar-refractivity contribution in [2.45, 2.75) is 111 Å². The van der Waals surface area contributed by atoms with Gasteiger partial charge < -0.3 is 0 Å². The molecule has 0 aliphatic heterocycles. The Hall–Kier alpha value is -2.55. The summed E-state index contributed by atoms with van der Waals surface area (Å²) in [5.74, 6) is 1.42. The van der Waals surface area contributed by atoms with Crippen LogP contribution in [-0.2, 0) is 22.4 Å². The van der Waals surface area contributed by atoms with Gasteiger partial charge in [0.25, 0.3) is 0 Å². The highest BCUT2D eigenvalue weighted by molar-refractivity contribution is 6.02. The fraction of sp³-hybridized carbons (Fsp3) is 0.583. The maximum Gasteiger partial charge on any atom is 0.163 e. The molecule has 2 aromatic carbocycles. The van der Waals surface area contributed by atoms with Crippen molar-refractivity contribution in [2.24, 2.45) is 23.7 Å². The first-order valence-corrected chi connectivity index (χ1v) is 15.6. The van der Waals surface area contributed by atoms with Crippen molar-refractivity contribution in [2.75, 3.05) is 0 Å². The van der Waals surface area contributed by atoms with Crippen molar-refractivity contribution in [3.63, 3.8) is 0 Å². The van der Waals surface area contributed by atoms with Gasteiger partial charge in [0.2, 0.25) is 0 Å². The van der Waals surface area contributed by atoms with E-state index >= 15 is 0 Å². The highest BCUT2D eigenvalue weighted by Crippen LogP contribution is 2.40. The molecule has 0 aromatic heterocycles. The molecular weight excluding hydrogens is 480 g/mol. The summed E-state index contributed by atoms with van der Waals surface area (Å²) in [5, 5.41) is 0. The van der Waals surface area contributed by atoms with E-state index in [2.05, 4.69) is 57.2 Å². The third-order valence-electron chi connectivity index (χ3n) is 9.40. The van der Waals surface area contributed by atoms with E-state index in [-0.39, 0.29) is 41.5 Å². The molecule has 1 fully saturated rings. The summed E-state index contributed by atoms with van der Waals surface area (Å²) in [6.07, 6.45) is 13.0. The molecule has 0 radical (unpaired) electrons. The van der Waals surface area contributed by atoms with E-state index in [1.807, 2.05) is 0 Å². The molecule has 210 valence electrons. The molecule has 0 heterocycles. The SMILES string of the molecule is CCCC(CC1CC(=O)c2c(C)ccc(-c3cccc(CC4CCCCC4)c3)c2C1)C(CC)C(=O)CC(C)=O. The monoisotopic (exact) mass is 528 g/mol. The van der Waals surface area contributed by atoms with Crippen LogP contribution in [0.2, 0.25) is 0 Å². The highest BCUT2D eigenvalue weighted by Gasteiger charge is 2.34. The number of ketones is 3. The number of fused-ring (bicyclic) bond motifs is 1. The zero-order valence-electron chi connectivity index (χ0n) is 24.7. The number of benzene rings is 2. The van der Waals surface area contributed by atoms with Crippen LogP contribution < -0.4 is 0 Å². The number of hydrogen-bond donors (Lipinski definition) is 0. The Morgan fingerprint density at radius 3 is 2.44 bits per heavy atom. The molecule has 0 saturated heterocycles. The largest absolute Gasteiger partial charge is 0.300 e. The van der Waals surface area contributed by atoms with E-state index in [9.17, 15) is 14.4 Å². The van der Waals surface area contributed by atoms with Gasteiger partial charge in [0, 0.05) is 17.9 Å². The average Bonchev–Trinajstić information content (AvgIpc) is 2.89. The van der Waals surface area contributed by atoms with Crippen molar-refractivity contribution < 1.29 is 14.4 Å². The van der Waals surface area contributed by atoms with Gasteiger partial charge in [0.1, 0.15) is 11.6 Å². The van der Waals surface area contributed by atoms with E-state index < -0.39 is 0 Å². The summed E-state index contributed by atoms with van der Waals surface area (Å²) in [4.78, 5) is 38.3. The van der Waals surface area contributed by atoms with E-state index in [4.69, 9.17) is 0 Å². The fourth-order valence-corrected chi connectivity index (χ4v) is 7.60. The minimum absolute atomic E-state index is 0.0334. The van der Waals surface area contributed by atoms with E-state index in [1.165, 1.54) is 61.3 Å². The minimum Gasteiger partial charge on any atom is -0.300 e. The molecule has 3 atom stereocenters. The van der Waals surface area contributed by atoms with Crippen molar-refractivity contribution >= 4 is 17.3 Å². The van der Waals surface area contributed by atoms with Crippen LogP contribution in [0.25, 0.3) is 11.1 Å². The number of carbonyl (C=O) groups is 3. The summed E-state index contributed by atoms with van der Waals surface area (Å²) in [6, 6.07) is 13.4. The van der Waals surface area contributed by atoms with Crippen LogP contribution in [-0.4, -0.2) is 17.3 Å². The van der Waals surface area contributed by atoms with Gasteiger partial charge in [-0.2, -0.15) is 0 Å². The van der Waals surface area contributed by atoms with E-state index in [1.54, 1.807) is 0 Å². The third-order valence-corrected chi connectivity index (χ3v) is 9.40. The van der Waals surface area contributed by atoms with Crippen LogP contribution >= 0.6 is 0 Å². The lowest BCUT2D eigenvalue weighted by molar-refractivity contribution is -0.129. The molecular formula is C36H48O3. The van der Waals surface area contributed by atoms with E-state index in [0.717, 1.165) is 55.6 Å². The standard InChI is InChI=1S/C36H48O3/c1-5-11-29(31(6-2)34(38)18-25(4)37)21-28-22-33-32(17-16-24(3)36(33)35(39)23-28)30-15-10-14-27(20-30)19-26-12-8-7-9-13-26/h10,14-17,20,26,28-29,31H,5-9,11-13,18-19,21-23H2,1-4H3. The molecule has 0 N–H and O–H groups in total. The molecule has 3 nitrogen and oxygen atoms in total. The normalized spacial score (nSPS) is 19.4. The number of aryl methyl sites for hydroxylation is 1. The lowest BCUT2D eigenvalue weighted by atomic mass is 9.71. The molecule has 1 saturated carbocycles. The van der Waals surface area contributed by atoms with Gasteiger partial charge in [-0.3, -0.25) is 14.4 Å². The molecule has 0 bridgehead atoms. The number of rotatable bonds is 12. The summed E-state index contributed by atoms with van der Waals surface area (Å²) in [5.41, 5.74) is 7.03. The van der Waals surface area contributed by atoms with Crippen LogP contribution in [0.15, 0.2) is 36.4 Å². The van der Waals surface area contributed by atoms with Crippen LogP contribution in [0.4, 0.5) is 0 Å². The Morgan fingerprint density at radius 2 is 1.74 bits per heavy atom. The van der Waals surface area contributed by atoms with Gasteiger partial charge in [-0.05, 0) is 85.1 Å². The van der Waals surface area contributed by atoms with Crippen LogP contribution in [0.1, 0.15) is 118 Å². The van der Waals surface area contributed by atoms with Gasteiger partial charge in [-0.1, -0.05) is 95.2 Å². The fourth-order valence-electron chi connectivity index (χ4n) is 7.60. The van der Waals surface area contributed by atoms with Gasteiger partial charge in [-0.15, -0.1) is 0 Å². The molecule has 2 aromatic rings. The number of Topliss-reactive ketones (excluding diaryl/α,β-unsaturated/α-hetero) is 3. The summed E-state index contributed by atoms with van der Waals surface area (Å²) >= 11 is 0. The Labute approximate surface area is 236 Å². The van der Waals surface area contributed by atoms with Crippen molar-refractivity contribution in [3.05, 3.63) is 58.7 Å². The second-order valence-corrected chi connectivity index (χ2v) is 12.5. The predicted molar refractivity (Wildman–Crippen MR) is 160 cm³/mol. The molecule has 39 heavy (non-hydrogen) atoms. The molecule has 0 amide bonds. The predicted octanol–water partition coefficient (Wildman–Crippen LogP) is 8.91. The highest BCUT2D eigenvalue weighted by atomic mass is 16.1. The van der Waals surface area contributed by atoms with E-state index in [0.29, 0.717) is 6.42 Å². The number of hydrogen-bond acceptors (Lipinski definition) is 3. The average molecular weight is 529 g/mol.